The van der Waals surface area contributed by atoms with Crippen LogP contribution in [0.5, 0.6) is 17.2 Å². The summed E-state index contributed by atoms with van der Waals surface area (Å²) in [6.45, 7) is 1.42. The van der Waals surface area contributed by atoms with E-state index < -0.39 is 0 Å². The molecule has 2 aromatic carbocycles. The van der Waals surface area contributed by atoms with Crippen LogP contribution in [-0.4, -0.2) is 43.3 Å². The summed E-state index contributed by atoms with van der Waals surface area (Å²) in [6, 6.07) is 11.7. The first kappa shape index (κ1) is 18.2. The number of methoxy groups -OCH3 is 3. The molecule has 0 bridgehead atoms. The van der Waals surface area contributed by atoms with Gasteiger partial charge in [-0.1, -0.05) is 12.1 Å². The van der Waals surface area contributed by atoms with E-state index in [1.54, 1.807) is 26.2 Å². The Morgan fingerprint density at radius 1 is 1.04 bits per heavy atom. The number of ether oxygens (including phenoxy) is 3. The molecule has 0 atom stereocenters. The fraction of sp³-hybridized carbons (Fsp3) is 0.333. The quantitative estimate of drug-likeness (QED) is 0.657. The van der Waals surface area contributed by atoms with Crippen molar-refractivity contribution in [1.29, 1.82) is 0 Å². The summed E-state index contributed by atoms with van der Waals surface area (Å²) >= 11 is 0. The van der Waals surface area contributed by atoms with Crippen LogP contribution in [0.2, 0.25) is 0 Å². The number of aryl methyl sites for hydroxylation is 1. The summed E-state index contributed by atoms with van der Waals surface area (Å²) in [5.74, 6) is 2.52. The average molecular weight is 381 g/mol. The third-order valence-electron chi connectivity index (χ3n) is 5.08. The molecule has 7 nitrogen and oxygen atoms in total. The zero-order valence-corrected chi connectivity index (χ0v) is 16.3. The van der Waals surface area contributed by atoms with Crippen molar-refractivity contribution in [1.82, 2.24) is 9.55 Å². The van der Waals surface area contributed by atoms with Gasteiger partial charge in [-0.3, -0.25) is 9.69 Å². The van der Waals surface area contributed by atoms with E-state index >= 15 is 0 Å². The first-order valence-electron chi connectivity index (χ1n) is 9.20. The lowest BCUT2D eigenvalue weighted by atomic mass is 10.1. The van der Waals surface area contributed by atoms with E-state index in [0.29, 0.717) is 36.6 Å². The van der Waals surface area contributed by atoms with Crippen molar-refractivity contribution in [2.75, 3.05) is 32.8 Å². The average Bonchev–Trinajstić information content (AvgIpc) is 3.30. The van der Waals surface area contributed by atoms with Gasteiger partial charge in [0.05, 0.1) is 32.4 Å². The zero-order chi connectivity index (χ0) is 19.7. The van der Waals surface area contributed by atoms with Crippen LogP contribution < -0.4 is 19.1 Å². The largest absolute Gasteiger partial charge is 0.493 e. The number of aromatic nitrogens is 2. The lowest BCUT2D eigenvalue weighted by Crippen LogP contribution is -2.29. The second kappa shape index (κ2) is 7.42. The summed E-state index contributed by atoms with van der Waals surface area (Å²) in [7, 11) is 4.74. The lowest BCUT2D eigenvalue weighted by molar-refractivity contribution is -0.118. The molecule has 1 amide bonds. The summed E-state index contributed by atoms with van der Waals surface area (Å²) < 4.78 is 18.2. The molecular formula is C21H23N3O4. The normalized spacial score (nSPS) is 12.9. The molecule has 0 N–H and O–H groups in total. The second-order valence-electron chi connectivity index (χ2n) is 6.63. The Hall–Kier alpha value is -3.22. The molecule has 0 saturated carbocycles. The first-order chi connectivity index (χ1) is 13.7. The van der Waals surface area contributed by atoms with Gasteiger partial charge in [0.15, 0.2) is 11.5 Å². The van der Waals surface area contributed by atoms with E-state index in [4.69, 9.17) is 14.2 Å². The third-order valence-corrected chi connectivity index (χ3v) is 5.08. The number of hydrogen-bond acceptors (Lipinski definition) is 5. The Kier molecular flexibility index (Phi) is 4.81. The lowest BCUT2D eigenvalue weighted by Gasteiger charge is -2.16. The molecule has 0 fully saturated rings. The maximum atomic E-state index is 12.9. The molecular weight excluding hydrogens is 358 g/mol. The molecule has 0 unspecified atom stereocenters. The van der Waals surface area contributed by atoms with Crippen molar-refractivity contribution < 1.29 is 19.0 Å². The zero-order valence-electron chi connectivity index (χ0n) is 16.3. The Morgan fingerprint density at radius 2 is 1.75 bits per heavy atom. The van der Waals surface area contributed by atoms with Crippen molar-refractivity contribution in [3.8, 4) is 17.2 Å². The van der Waals surface area contributed by atoms with E-state index in [1.807, 2.05) is 36.4 Å². The highest BCUT2D eigenvalue weighted by molar-refractivity contribution is 5.95. The maximum absolute atomic E-state index is 12.9. The smallest absolute Gasteiger partial charge is 0.229 e. The highest BCUT2D eigenvalue weighted by Gasteiger charge is 2.28. The molecule has 28 heavy (non-hydrogen) atoms. The van der Waals surface area contributed by atoms with Gasteiger partial charge in [-0.05, 0) is 36.2 Å². The molecule has 0 saturated heterocycles. The minimum atomic E-state index is 0.0582. The van der Waals surface area contributed by atoms with Gasteiger partial charge in [-0.25, -0.2) is 4.98 Å². The van der Waals surface area contributed by atoms with E-state index in [2.05, 4.69) is 9.55 Å². The number of para-hydroxylation sites is 2. The molecule has 146 valence electrons. The van der Waals surface area contributed by atoms with Crippen molar-refractivity contribution in [2.45, 2.75) is 19.4 Å². The number of benzene rings is 2. The summed E-state index contributed by atoms with van der Waals surface area (Å²) in [6.07, 6.45) is 0.952. The molecule has 4 rings (SSSR count). The highest BCUT2D eigenvalue weighted by Crippen LogP contribution is 2.38. The van der Waals surface area contributed by atoms with Crippen LogP contribution in [0, 0.1) is 0 Å². The van der Waals surface area contributed by atoms with Crippen molar-refractivity contribution >= 4 is 22.9 Å². The Bertz CT molecular complexity index is 1000. The number of hydrogen-bond donors (Lipinski definition) is 0. The predicted molar refractivity (Wildman–Crippen MR) is 107 cm³/mol. The fourth-order valence-electron chi connectivity index (χ4n) is 3.69. The number of amides is 1. The van der Waals surface area contributed by atoms with Gasteiger partial charge in [0.1, 0.15) is 0 Å². The van der Waals surface area contributed by atoms with Crippen LogP contribution in [0.25, 0.3) is 11.0 Å². The fourth-order valence-corrected chi connectivity index (χ4v) is 3.69. The molecule has 2 heterocycles. The third kappa shape index (κ3) is 3.02. The monoisotopic (exact) mass is 381 g/mol. The molecule has 1 aliphatic rings. The summed E-state index contributed by atoms with van der Waals surface area (Å²) in [5, 5.41) is 0. The van der Waals surface area contributed by atoms with Gasteiger partial charge >= 0.3 is 0 Å². The van der Waals surface area contributed by atoms with E-state index in [9.17, 15) is 4.79 Å². The maximum Gasteiger partial charge on any atom is 0.229 e. The van der Waals surface area contributed by atoms with Crippen LogP contribution in [0.15, 0.2) is 36.4 Å². The number of fused-ring (bicyclic) bond motifs is 3. The Balaban J connectivity index is 1.52. The summed E-state index contributed by atoms with van der Waals surface area (Å²) in [5.41, 5.74) is 2.94. The van der Waals surface area contributed by atoms with E-state index in [0.717, 1.165) is 29.1 Å². The number of rotatable bonds is 6. The molecule has 0 aliphatic carbocycles. The number of anilines is 1. The van der Waals surface area contributed by atoms with Gasteiger partial charge < -0.3 is 18.8 Å². The van der Waals surface area contributed by atoms with Crippen molar-refractivity contribution in [3.63, 3.8) is 0 Å². The molecule has 1 aromatic heterocycles. The number of nitrogens with zero attached hydrogens (tertiary/aromatic N) is 3. The molecule has 3 aromatic rings. The predicted octanol–water partition coefficient (Wildman–Crippen LogP) is 3.04. The molecule has 0 radical (unpaired) electrons. The standard InChI is InChI=1S/C21H23N3O4/c1-26-17-12-14(13-18(27-2)20(17)28-3)8-9-19(25)24-11-10-23-16-7-5-4-6-15(16)22-21(23)24/h4-7,12-13H,8-11H2,1-3H3. The van der Waals surface area contributed by atoms with Crippen LogP contribution in [0.3, 0.4) is 0 Å². The number of carbonyl (C=O) groups is 1. The van der Waals surface area contributed by atoms with Crippen molar-refractivity contribution in [3.05, 3.63) is 42.0 Å². The molecule has 0 spiro atoms. The minimum Gasteiger partial charge on any atom is -0.493 e. The van der Waals surface area contributed by atoms with Crippen LogP contribution in [0.1, 0.15) is 12.0 Å². The van der Waals surface area contributed by atoms with Crippen LogP contribution >= 0.6 is 0 Å². The number of imidazole rings is 1. The van der Waals surface area contributed by atoms with Crippen molar-refractivity contribution in [2.24, 2.45) is 0 Å². The van der Waals surface area contributed by atoms with Crippen LogP contribution in [0.4, 0.5) is 5.95 Å². The van der Waals surface area contributed by atoms with E-state index in [-0.39, 0.29) is 5.91 Å². The molecule has 7 heteroatoms. The first-order valence-corrected chi connectivity index (χ1v) is 9.20. The van der Waals surface area contributed by atoms with Gasteiger partial charge in [-0.2, -0.15) is 0 Å². The SMILES string of the molecule is COc1cc(CCC(=O)N2CCn3c2nc2ccccc23)cc(OC)c1OC. The second-order valence-corrected chi connectivity index (χ2v) is 6.63. The van der Waals surface area contributed by atoms with E-state index in [1.165, 1.54) is 0 Å². The summed E-state index contributed by atoms with van der Waals surface area (Å²) in [4.78, 5) is 19.3. The van der Waals surface area contributed by atoms with Gasteiger partial charge in [-0.15, -0.1) is 0 Å². The highest BCUT2D eigenvalue weighted by atomic mass is 16.5. The minimum absolute atomic E-state index is 0.0582. The van der Waals surface area contributed by atoms with Gasteiger partial charge in [0, 0.05) is 19.5 Å². The topological polar surface area (TPSA) is 65.8 Å². The van der Waals surface area contributed by atoms with Gasteiger partial charge in [0.2, 0.25) is 17.6 Å². The molecule has 1 aliphatic heterocycles. The Morgan fingerprint density at radius 3 is 2.43 bits per heavy atom. The van der Waals surface area contributed by atoms with Gasteiger partial charge in [0.25, 0.3) is 0 Å². The Labute approximate surface area is 163 Å². The number of carbonyl (C=O) groups excluding carboxylic acids is 1. The van der Waals surface area contributed by atoms with Crippen LogP contribution in [-0.2, 0) is 17.8 Å².